The molecule has 0 amide bonds. The van der Waals surface area contributed by atoms with Gasteiger partial charge in [-0.25, -0.2) is 0 Å². The third-order valence-electron chi connectivity index (χ3n) is 4.82. The maximum Gasteiger partial charge on any atom is 0.0725 e. The number of nitrogens with one attached hydrogen (secondary N) is 1. The van der Waals surface area contributed by atoms with Crippen LogP contribution in [0.4, 0.5) is 0 Å². The monoisotopic (exact) mass is 338 g/mol. The molecule has 3 heteroatoms. The number of aromatic amines is 1. The van der Waals surface area contributed by atoms with Gasteiger partial charge >= 0.3 is 0 Å². The number of halogens is 1. The summed E-state index contributed by atoms with van der Waals surface area (Å²) in [6.45, 7) is 4.34. The van der Waals surface area contributed by atoms with E-state index in [0.29, 0.717) is 0 Å². The van der Waals surface area contributed by atoms with Crippen LogP contribution in [0, 0.1) is 6.92 Å². The van der Waals surface area contributed by atoms with Gasteiger partial charge in [-0.1, -0.05) is 42.0 Å². The van der Waals surface area contributed by atoms with Gasteiger partial charge in [-0.15, -0.1) is 12.4 Å². The fourth-order valence-corrected chi connectivity index (χ4v) is 3.59. The van der Waals surface area contributed by atoms with Crippen LogP contribution in [0.15, 0.2) is 53.5 Å². The highest BCUT2D eigenvalue weighted by atomic mass is 35.5. The molecular weight excluding hydrogens is 316 g/mol. The van der Waals surface area contributed by atoms with Gasteiger partial charge in [0.15, 0.2) is 0 Å². The summed E-state index contributed by atoms with van der Waals surface area (Å²) in [5.41, 5.74) is 7.78. The average molecular weight is 339 g/mol. The quantitative estimate of drug-likeness (QED) is 0.613. The van der Waals surface area contributed by atoms with Crippen LogP contribution in [-0.2, 0) is 6.42 Å². The molecule has 0 spiro atoms. The van der Waals surface area contributed by atoms with E-state index in [1.807, 2.05) is 0 Å². The zero-order chi connectivity index (χ0) is 15.8. The third-order valence-corrected chi connectivity index (χ3v) is 4.82. The Balaban J connectivity index is 0.00000169. The van der Waals surface area contributed by atoms with Gasteiger partial charge in [-0.05, 0) is 56.4 Å². The summed E-state index contributed by atoms with van der Waals surface area (Å²) in [6.07, 6.45) is 3.40. The Kier molecular flexibility index (Phi) is 4.77. The number of hydrogen-bond acceptors (Lipinski definition) is 1. The van der Waals surface area contributed by atoms with Crippen LogP contribution in [0.2, 0.25) is 0 Å². The lowest BCUT2D eigenvalue weighted by Crippen LogP contribution is -2.12. The number of aromatic nitrogens is 1. The molecule has 1 unspecified atom stereocenters. The number of aryl methyl sites for hydroxylation is 2. The van der Waals surface area contributed by atoms with Gasteiger partial charge < -0.3 is 4.98 Å². The molecule has 0 aliphatic heterocycles. The minimum atomic E-state index is 0. The van der Waals surface area contributed by atoms with Crippen molar-refractivity contribution in [1.29, 1.82) is 0 Å². The molecular formula is C21H23ClN2. The second-order valence-electron chi connectivity index (χ2n) is 6.54. The smallest absolute Gasteiger partial charge is 0.0725 e. The second-order valence-corrected chi connectivity index (χ2v) is 6.54. The van der Waals surface area contributed by atoms with E-state index in [0.717, 1.165) is 12.8 Å². The van der Waals surface area contributed by atoms with Crippen LogP contribution in [0.1, 0.15) is 48.2 Å². The Hall–Kier alpha value is -2.06. The van der Waals surface area contributed by atoms with E-state index in [-0.39, 0.29) is 18.4 Å². The average Bonchev–Trinajstić information content (AvgIpc) is 2.95. The van der Waals surface area contributed by atoms with Crippen molar-refractivity contribution >= 4 is 29.0 Å². The molecule has 1 aromatic heterocycles. The normalized spacial score (nSPS) is 16.7. The largest absolute Gasteiger partial charge is 0.353 e. The molecule has 1 aliphatic rings. The number of fused-ring (bicyclic) bond motifs is 3. The third kappa shape index (κ3) is 2.99. The number of aliphatic imine (C=N–C) groups is 1. The summed E-state index contributed by atoms with van der Waals surface area (Å²) < 4.78 is 0. The minimum absolute atomic E-state index is 0. The zero-order valence-corrected chi connectivity index (χ0v) is 15.0. The number of benzene rings is 2. The first-order chi connectivity index (χ1) is 11.2. The van der Waals surface area contributed by atoms with Crippen LogP contribution in [-0.4, -0.2) is 10.7 Å². The van der Waals surface area contributed by atoms with E-state index in [1.165, 1.54) is 45.4 Å². The summed E-state index contributed by atoms with van der Waals surface area (Å²) >= 11 is 0. The Bertz CT molecular complexity index is 877. The van der Waals surface area contributed by atoms with Gasteiger partial charge in [-0.3, -0.25) is 4.99 Å². The van der Waals surface area contributed by atoms with Crippen molar-refractivity contribution in [2.45, 2.75) is 39.2 Å². The SMILES string of the molecule is Cc1ccc2[nH]c3c(c2c1)CCCC3=NC(C)c1ccccc1.Cl. The fraction of sp³-hybridized carbons (Fsp3) is 0.286. The lowest BCUT2D eigenvalue weighted by atomic mass is 9.93. The van der Waals surface area contributed by atoms with Crippen LogP contribution in [0.25, 0.3) is 10.9 Å². The molecule has 2 nitrogen and oxygen atoms in total. The second kappa shape index (κ2) is 6.82. The van der Waals surface area contributed by atoms with E-state index in [1.54, 1.807) is 0 Å². The van der Waals surface area contributed by atoms with Crippen LogP contribution in [0.5, 0.6) is 0 Å². The number of rotatable bonds is 2. The Morgan fingerprint density at radius 2 is 1.83 bits per heavy atom. The molecule has 0 radical (unpaired) electrons. The summed E-state index contributed by atoms with van der Waals surface area (Å²) in [5, 5.41) is 1.37. The van der Waals surface area contributed by atoms with Gasteiger partial charge in [0.2, 0.25) is 0 Å². The molecule has 24 heavy (non-hydrogen) atoms. The van der Waals surface area contributed by atoms with E-state index in [4.69, 9.17) is 4.99 Å². The Labute approximate surface area is 149 Å². The lowest BCUT2D eigenvalue weighted by Gasteiger charge is -2.17. The number of nitrogens with zero attached hydrogens (tertiary/aromatic N) is 1. The molecule has 0 saturated heterocycles. The first-order valence-electron chi connectivity index (χ1n) is 8.45. The Morgan fingerprint density at radius 1 is 1.04 bits per heavy atom. The molecule has 0 bridgehead atoms. The zero-order valence-electron chi connectivity index (χ0n) is 14.2. The molecule has 4 rings (SSSR count). The van der Waals surface area contributed by atoms with E-state index < -0.39 is 0 Å². The predicted molar refractivity (Wildman–Crippen MR) is 105 cm³/mol. The van der Waals surface area contributed by atoms with Crippen molar-refractivity contribution in [2.75, 3.05) is 0 Å². The van der Waals surface area contributed by atoms with Crippen LogP contribution in [0.3, 0.4) is 0 Å². The molecule has 1 aliphatic carbocycles. The summed E-state index contributed by atoms with van der Waals surface area (Å²) in [4.78, 5) is 8.67. The molecule has 2 aromatic carbocycles. The maximum atomic E-state index is 5.05. The molecule has 3 aromatic rings. The standard InChI is InChI=1S/C21H22N2.ClH/c1-14-11-12-19-18(13-14)17-9-6-10-20(21(17)23-19)22-15(2)16-7-4-3-5-8-16;/h3-5,7-8,11-13,15,23H,6,9-10H2,1-2H3;1H. The first kappa shape index (κ1) is 16.8. The van der Waals surface area contributed by atoms with Gasteiger partial charge in [-0.2, -0.15) is 0 Å². The van der Waals surface area contributed by atoms with Crippen molar-refractivity contribution in [3.63, 3.8) is 0 Å². The predicted octanol–water partition coefficient (Wildman–Crippen LogP) is 5.78. The molecule has 124 valence electrons. The van der Waals surface area contributed by atoms with E-state index in [2.05, 4.69) is 67.4 Å². The van der Waals surface area contributed by atoms with Crippen molar-refractivity contribution in [3.8, 4) is 0 Å². The summed E-state index contributed by atoms with van der Waals surface area (Å²) in [5.74, 6) is 0. The maximum absolute atomic E-state index is 5.05. The highest BCUT2D eigenvalue weighted by Gasteiger charge is 2.21. The van der Waals surface area contributed by atoms with E-state index >= 15 is 0 Å². The van der Waals surface area contributed by atoms with Crippen LogP contribution < -0.4 is 0 Å². The van der Waals surface area contributed by atoms with Gasteiger partial charge in [0.1, 0.15) is 0 Å². The minimum Gasteiger partial charge on any atom is -0.353 e. The van der Waals surface area contributed by atoms with Crippen molar-refractivity contribution in [1.82, 2.24) is 4.98 Å². The first-order valence-corrected chi connectivity index (χ1v) is 8.45. The van der Waals surface area contributed by atoms with Crippen molar-refractivity contribution in [3.05, 3.63) is 70.9 Å². The number of H-pyrrole nitrogens is 1. The van der Waals surface area contributed by atoms with E-state index in [9.17, 15) is 0 Å². The van der Waals surface area contributed by atoms with Gasteiger partial charge in [0, 0.05) is 10.9 Å². The van der Waals surface area contributed by atoms with Crippen molar-refractivity contribution < 1.29 is 0 Å². The summed E-state index contributed by atoms with van der Waals surface area (Å²) in [7, 11) is 0. The summed E-state index contributed by atoms with van der Waals surface area (Å²) in [6, 6.07) is 17.4. The van der Waals surface area contributed by atoms with Crippen LogP contribution >= 0.6 is 12.4 Å². The molecule has 0 saturated carbocycles. The molecule has 1 atom stereocenters. The molecule has 1 N–H and O–H groups in total. The molecule has 1 heterocycles. The van der Waals surface area contributed by atoms with Crippen molar-refractivity contribution in [2.24, 2.45) is 4.99 Å². The highest BCUT2D eigenvalue weighted by Crippen LogP contribution is 2.31. The van der Waals surface area contributed by atoms with Gasteiger partial charge in [0.25, 0.3) is 0 Å². The number of hydrogen-bond donors (Lipinski definition) is 1. The Morgan fingerprint density at radius 3 is 2.62 bits per heavy atom. The molecule has 0 fully saturated rings. The highest BCUT2D eigenvalue weighted by molar-refractivity contribution is 6.06. The topological polar surface area (TPSA) is 28.1 Å². The lowest BCUT2D eigenvalue weighted by molar-refractivity contribution is 0.784. The fourth-order valence-electron chi connectivity index (χ4n) is 3.59. The van der Waals surface area contributed by atoms with Gasteiger partial charge in [0.05, 0.1) is 17.4 Å².